The van der Waals surface area contributed by atoms with E-state index in [1.807, 2.05) is 0 Å². The molecule has 3 nitrogen and oxygen atoms in total. The second-order valence-corrected chi connectivity index (χ2v) is 5.90. The normalized spacial score (nSPS) is 31.7. The summed E-state index contributed by atoms with van der Waals surface area (Å²) in [6.07, 6.45) is -11.0. The number of aliphatic hydroxyl groups excluding tert-OH is 1. The largest absolute Gasteiger partial charge is 0.426 e. The smallest absolute Gasteiger partial charge is 0.394 e. The van der Waals surface area contributed by atoms with Gasteiger partial charge in [-0.3, -0.25) is 4.90 Å². The Morgan fingerprint density at radius 1 is 1.19 bits per heavy atom. The van der Waals surface area contributed by atoms with Gasteiger partial charge in [0.2, 0.25) is 0 Å². The average molecular weight is 321 g/mol. The zero-order valence-electron chi connectivity index (χ0n) is 11.4. The van der Waals surface area contributed by atoms with Crippen LogP contribution < -0.4 is 0 Å². The van der Waals surface area contributed by atoms with Crippen molar-refractivity contribution in [1.29, 1.82) is 0 Å². The molecule has 0 saturated carbocycles. The third-order valence-corrected chi connectivity index (χ3v) is 4.55. The van der Waals surface area contributed by atoms with E-state index in [4.69, 9.17) is 0 Å². The molecule has 0 spiro atoms. The van der Waals surface area contributed by atoms with Crippen LogP contribution in [-0.2, 0) is 4.74 Å². The Kier molecular flexibility index (Phi) is 4.00. The Hall–Kier alpha value is -0.540. The molecule has 124 valence electrons. The van der Waals surface area contributed by atoms with Crippen molar-refractivity contribution >= 4 is 0 Å². The van der Waals surface area contributed by atoms with Gasteiger partial charge in [0.15, 0.2) is 0 Å². The molecule has 2 rings (SSSR count). The molecule has 0 radical (unpaired) electrons. The Morgan fingerprint density at radius 3 is 2.19 bits per heavy atom. The summed E-state index contributed by atoms with van der Waals surface area (Å²) in [7, 11) is 0. The van der Waals surface area contributed by atoms with Gasteiger partial charge in [0.1, 0.15) is 0 Å². The van der Waals surface area contributed by atoms with E-state index in [9.17, 15) is 31.4 Å². The van der Waals surface area contributed by atoms with Crippen LogP contribution in [0, 0.1) is 0 Å². The number of ether oxygens (including phenoxy) is 1. The summed E-state index contributed by atoms with van der Waals surface area (Å²) in [5.74, 6) is 0. The number of nitrogens with zero attached hydrogens (tertiary/aromatic N) is 1. The van der Waals surface area contributed by atoms with Crippen molar-refractivity contribution in [1.82, 2.24) is 4.90 Å². The van der Waals surface area contributed by atoms with Crippen molar-refractivity contribution in [3.8, 4) is 0 Å². The van der Waals surface area contributed by atoms with E-state index < -0.39 is 29.6 Å². The molecule has 0 amide bonds. The molecule has 2 atom stereocenters. The molecule has 0 unspecified atom stereocenters. The Bertz CT molecular complexity index is 382. The number of rotatable bonds is 3. The molecule has 9 heteroatoms. The van der Waals surface area contributed by atoms with Gasteiger partial charge in [-0.05, 0) is 32.7 Å². The summed E-state index contributed by atoms with van der Waals surface area (Å²) in [6.45, 7) is 0.251. The third-order valence-electron chi connectivity index (χ3n) is 4.55. The van der Waals surface area contributed by atoms with Crippen LogP contribution in [0.2, 0.25) is 0 Å². The summed E-state index contributed by atoms with van der Waals surface area (Å²) in [5, 5.41) is 9.42. The van der Waals surface area contributed by atoms with Crippen LogP contribution in [0.4, 0.5) is 26.3 Å². The number of fused-ring (bicyclic) bond motifs is 1. The fraction of sp³-hybridized carbons (Fsp3) is 1.00. The first-order valence-electron chi connectivity index (χ1n) is 6.62. The Labute approximate surface area is 117 Å². The average Bonchev–Trinajstić information content (AvgIpc) is 2.82. The van der Waals surface area contributed by atoms with Crippen molar-refractivity contribution in [2.75, 3.05) is 19.7 Å². The van der Waals surface area contributed by atoms with E-state index >= 15 is 0 Å². The first-order valence-corrected chi connectivity index (χ1v) is 6.62. The van der Waals surface area contributed by atoms with Crippen molar-refractivity contribution in [2.24, 2.45) is 0 Å². The van der Waals surface area contributed by atoms with Gasteiger partial charge in [0.05, 0.1) is 12.7 Å². The molecular formula is C12H17F6NO2. The van der Waals surface area contributed by atoms with Crippen molar-refractivity contribution in [3.63, 3.8) is 0 Å². The van der Waals surface area contributed by atoms with Gasteiger partial charge in [-0.1, -0.05) is 0 Å². The number of aliphatic hydroxyl groups is 1. The molecule has 0 aromatic rings. The third kappa shape index (κ3) is 2.63. The number of hydrogen-bond acceptors (Lipinski definition) is 3. The van der Waals surface area contributed by atoms with Crippen LogP contribution in [0.1, 0.15) is 26.2 Å². The molecule has 2 fully saturated rings. The summed E-state index contributed by atoms with van der Waals surface area (Å²) in [4.78, 5) is 1.73. The summed E-state index contributed by atoms with van der Waals surface area (Å²) < 4.78 is 81.4. The zero-order chi connectivity index (χ0) is 16.1. The van der Waals surface area contributed by atoms with Crippen LogP contribution in [0.25, 0.3) is 0 Å². The van der Waals surface area contributed by atoms with Crippen molar-refractivity contribution in [3.05, 3.63) is 0 Å². The minimum absolute atomic E-state index is 0.0159. The SMILES string of the molecule is CC(O[C@H]1CN2CCC[C@@]2(CO)C1)(C(F)(F)F)C(F)(F)F. The van der Waals surface area contributed by atoms with Gasteiger partial charge in [0.25, 0.3) is 5.60 Å². The molecular weight excluding hydrogens is 304 g/mol. The highest BCUT2D eigenvalue weighted by Crippen LogP contribution is 2.48. The topological polar surface area (TPSA) is 32.7 Å². The van der Waals surface area contributed by atoms with Crippen LogP contribution in [-0.4, -0.2) is 59.3 Å². The maximum absolute atomic E-state index is 12.8. The quantitative estimate of drug-likeness (QED) is 0.811. The van der Waals surface area contributed by atoms with E-state index in [1.165, 1.54) is 0 Å². The second-order valence-electron chi connectivity index (χ2n) is 5.90. The lowest BCUT2D eigenvalue weighted by Gasteiger charge is -2.36. The molecule has 21 heavy (non-hydrogen) atoms. The highest BCUT2D eigenvalue weighted by molar-refractivity contribution is 5.05. The fourth-order valence-electron chi connectivity index (χ4n) is 3.19. The Morgan fingerprint density at radius 2 is 1.76 bits per heavy atom. The van der Waals surface area contributed by atoms with Crippen molar-refractivity contribution < 1.29 is 36.2 Å². The lowest BCUT2D eigenvalue weighted by molar-refractivity contribution is -0.382. The summed E-state index contributed by atoms with van der Waals surface area (Å²) >= 11 is 0. The molecule has 0 aliphatic carbocycles. The summed E-state index contributed by atoms with van der Waals surface area (Å²) in [6, 6.07) is 0. The Balaban J connectivity index is 2.17. The van der Waals surface area contributed by atoms with Crippen LogP contribution in [0.5, 0.6) is 0 Å². The van der Waals surface area contributed by atoms with Crippen LogP contribution in [0.15, 0.2) is 0 Å². The minimum atomic E-state index is -5.55. The molecule has 2 aliphatic heterocycles. The molecule has 0 aromatic heterocycles. The van der Waals surface area contributed by atoms with Crippen molar-refractivity contribution in [2.45, 2.75) is 55.8 Å². The van der Waals surface area contributed by atoms with Crippen LogP contribution in [0.3, 0.4) is 0 Å². The predicted octanol–water partition coefficient (Wildman–Crippen LogP) is 2.49. The minimum Gasteiger partial charge on any atom is -0.394 e. The van der Waals surface area contributed by atoms with E-state index in [1.54, 1.807) is 4.90 Å². The number of alkyl halides is 6. The highest BCUT2D eigenvalue weighted by Gasteiger charge is 2.70. The molecule has 0 bridgehead atoms. The molecule has 2 heterocycles. The summed E-state index contributed by atoms with van der Waals surface area (Å²) in [5.41, 5.74) is -4.93. The molecule has 1 N–H and O–H groups in total. The fourth-order valence-corrected chi connectivity index (χ4v) is 3.19. The van der Waals surface area contributed by atoms with E-state index in [0.29, 0.717) is 13.0 Å². The van der Waals surface area contributed by atoms with Gasteiger partial charge in [0, 0.05) is 12.1 Å². The first kappa shape index (κ1) is 16.8. The number of halogens is 6. The van der Waals surface area contributed by atoms with Crippen LogP contribution >= 0.6 is 0 Å². The van der Waals surface area contributed by atoms with Gasteiger partial charge < -0.3 is 9.84 Å². The standard InChI is InChI=1S/C12H17F6NO2/c1-9(11(13,14)15,12(16,17)18)21-8-5-10(7-20)3-2-4-19(10)6-8/h8,20H,2-7H2,1H3/t8-,10+/m1/s1. The second kappa shape index (κ2) is 4.99. The predicted molar refractivity (Wildman–Crippen MR) is 60.6 cm³/mol. The maximum Gasteiger partial charge on any atom is 0.426 e. The van der Waals surface area contributed by atoms with E-state index in [-0.39, 0.29) is 26.5 Å². The number of hydrogen-bond donors (Lipinski definition) is 1. The highest BCUT2D eigenvalue weighted by atomic mass is 19.4. The van der Waals surface area contributed by atoms with Gasteiger partial charge in [-0.25, -0.2) is 0 Å². The van der Waals surface area contributed by atoms with E-state index in [2.05, 4.69) is 4.74 Å². The van der Waals surface area contributed by atoms with Gasteiger partial charge in [-0.2, -0.15) is 26.3 Å². The van der Waals surface area contributed by atoms with Gasteiger partial charge in [-0.15, -0.1) is 0 Å². The zero-order valence-corrected chi connectivity index (χ0v) is 11.4. The monoisotopic (exact) mass is 321 g/mol. The molecule has 2 aliphatic rings. The van der Waals surface area contributed by atoms with Gasteiger partial charge >= 0.3 is 12.4 Å². The first-order chi connectivity index (χ1) is 9.45. The lowest BCUT2D eigenvalue weighted by Crippen LogP contribution is -2.58. The maximum atomic E-state index is 12.8. The molecule has 2 saturated heterocycles. The molecule has 0 aromatic carbocycles. The van der Waals surface area contributed by atoms with E-state index in [0.717, 1.165) is 6.42 Å². The lowest BCUT2D eigenvalue weighted by atomic mass is 9.94.